The van der Waals surface area contributed by atoms with Crippen LogP contribution in [0.3, 0.4) is 0 Å². The van der Waals surface area contributed by atoms with Crippen LogP contribution in [0.5, 0.6) is 0 Å². The Labute approximate surface area is 204 Å². The molecule has 0 spiro atoms. The fourth-order valence-electron chi connectivity index (χ4n) is 6.58. The van der Waals surface area contributed by atoms with Crippen LogP contribution in [0.4, 0.5) is 0 Å². The van der Waals surface area contributed by atoms with Crippen molar-refractivity contribution in [3.63, 3.8) is 0 Å². The SMILES string of the molecule is CC1CCC(C(C)C)[C@H](Op2oc3ccc4c(c3c3c5c(ccc3o2)CCCC5)CCC=C4)C1. The zero-order valence-electron chi connectivity index (χ0n) is 20.8. The highest BCUT2D eigenvalue weighted by Crippen LogP contribution is 2.44. The van der Waals surface area contributed by atoms with E-state index in [-0.39, 0.29) is 6.10 Å². The topological polar surface area (TPSA) is 35.5 Å². The Morgan fingerprint density at radius 2 is 1.68 bits per heavy atom. The second-order valence-corrected chi connectivity index (χ2v) is 12.1. The van der Waals surface area contributed by atoms with E-state index < -0.39 is 8.24 Å². The Hall–Kier alpha value is -1.96. The van der Waals surface area contributed by atoms with Crippen molar-refractivity contribution in [2.45, 2.75) is 84.7 Å². The molecule has 1 fully saturated rings. The number of allylic oxidation sites excluding steroid dienone is 1. The quantitative estimate of drug-likeness (QED) is 0.378. The Kier molecular flexibility index (Phi) is 6.12. The summed E-state index contributed by atoms with van der Waals surface area (Å²) in [7, 11) is -1.51. The summed E-state index contributed by atoms with van der Waals surface area (Å²) in [5.74, 6) is 1.85. The van der Waals surface area contributed by atoms with Gasteiger partial charge in [-0.1, -0.05) is 51.5 Å². The Bertz CT molecular complexity index is 1290. The first-order valence-corrected chi connectivity index (χ1v) is 14.5. The lowest BCUT2D eigenvalue weighted by Crippen LogP contribution is -2.35. The maximum absolute atomic E-state index is 6.76. The Morgan fingerprint density at radius 1 is 0.912 bits per heavy atom. The normalized spacial score (nSPS) is 24.9. The van der Waals surface area contributed by atoms with E-state index in [2.05, 4.69) is 57.2 Å². The molecule has 180 valence electrons. The third-order valence-electron chi connectivity index (χ3n) is 8.44. The summed E-state index contributed by atoms with van der Waals surface area (Å²) < 4.78 is 20.1. The molecule has 3 aromatic rings. The van der Waals surface area contributed by atoms with Crippen LogP contribution in [0.1, 0.15) is 81.5 Å². The van der Waals surface area contributed by atoms with Crippen molar-refractivity contribution in [1.29, 1.82) is 0 Å². The number of benzene rings is 2. The standard InChI is InChI=1S/C30H37O3P/c1-19(2)23-15-12-20(3)18-28(23)33-34-31-26-16-13-21-8-4-6-10-24(21)29(26)30-25-11-7-5-9-22(25)14-17-27(30)32-34/h4,8,13-14,16-17,19-20,23,28H,5-7,9-12,15,18H2,1-3H3/t20?,23?,28-,34?/m1/s1. The van der Waals surface area contributed by atoms with E-state index in [1.807, 2.05) is 0 Å². The van der Waals surface area contributed by atoms with E-state index in [1.54, 1.807) is 0 Å². The maximum Gasteiger partial charge on any atom is 0.387 e. The van der Waals surface area contributed by atoms with Crippen LogP contribution in [0.25, 0.3) is 28.0 Å². The van der Waals surface area contributed by atoms with Gasteiger partial charge in [-0.15, -0.1) is 0 Å². The Balaban J connectivity index is 1.58. The zero-order chi connectivity index (χ0) is 23.2. The predicted molar refractivity (Wildman–Crippen MR) is 142 cm³/mol. The van der Waals surface area contributed by atoms with Gasteiger partial charge in [-0.05, 0) is 104 Å². The molecule has 3 aliphatic carbocycles. The molecule has 1 heterocycles. The molecule has 1 saturated carbocycles. The molecule has 3 aliphatic rings. The molecule has 4 atom stereocenters. The molecule has 0 aliphatic heterocycles. The van der Waals surface area contributed by atoms with E-state index >= 15 is 0 Å². The summed E-state index contributed by atoms with van der Waals surface area (Å²) in [4.78, 5) is 0. The van der Waals surface area contributed by atoms with E-state index in [1.165, 1.54) is 58.7 Å². The van der Waals surface area contributed by atoms with Gasteiger partial charge in [0, 0.05) is 10.8 Å². The van der Waals surface area contributed by atoms with Crippen LogP contribution >= 0.6 is 8.24 Å². The molecular weight excluding hydrogens is 439 g/mol. The van der Waals surface area contributed by atoms with Gasteiger partial charge in [0.1, 0.15) is 11.2 Å². The lowest BCUT2D eigenvalue weighted by Gasteiger charge is -2.35. The summed E-state index contributed by atoms with van der Waals surface area (Å²) in [6.45, 7) is 7.01. The summed E-state index contributed by atoms with van der Waals surface area (Å²) in [6.07, 6.45) is 15.3. The first-order chi connectivity index (χ1) is 16.6. The molecule has 6 rings (SSSR count). The molecule has 1 aromatic heterocycles. The lowest BCUT2D eigenvalue weighted by molar-refractivity contribution is 0.0746. The van der Waals surface area contributed by atoms with Gasteiger partial charge in [0.05, 0.1) is 6.10 Å². The molecular formula is C30H37O3P. The first kappa shape index (κ1) is 22.5. The third kappa shape index (κ3) is 4.06. The van der Waals surface area contributed by atoms with Crippen LogP contribution in [-0.4, -0.2) is 6.10 Å². The Morgan fingerprint density at radius 3 is 2.50 bits per heavy atom. The fourth-order valence-corrected chi connectivity index (χ4v) is 7.79. The van der Waals surface area contributed by atoms with Gasteiger partial charge in [0.2, 0.25) is 0 Å². The highest BCUT2D eigenvalue weighted by atomic mass is 31.1. The molecule has 0 N–H and O–H groups in total. The highest BCUT2D eigenvalue weighted by Gasteiger charge is 2.33. The number of rotatable bonds is 3. The lowest BCUT2D eigenvalue weighted by atomic mass is 9.75. The van der Waals surface area contributed by atoms with Crippen molar-refractivity contribution in [3.8, 4) is 0 Å². The molecule has 4 heteroatoms. The minimum Gasteiger partial charge on any atom is -0.399 e. The van der Waals surface area contributed by atoms with E-state index in [9.17, 15) is 0 Å². The van der Waals surface area contributed by atoms with Gasteiger partial charge in [-0.3, -0.25) is 4.52 Å². The van der Waals surface area contributed by atoms with Crippen molar-refractivity contribution in [1.82, 2.24) is 0 Å². The molecule has 0 bridgehead atoms. The number of fused-ring (bicyclic) bond motifs is 7. The minimum absolute atomic E-state index is 0.193. The maximum atomic E-state index is 6.76. The van der Waals surface area contributed by atoms with Crippen molar-refractivity contribution in [3.05, 3.63) is 52.6 Å². The van der Waals surface area contributed by atoms with Crippen LogP contribution < -0.4 is 4.52 Å². The molecule has 3 nitrogen and oxygen atoms in total. The van der Waals surface area contributed by atoms with Crippen LogP contribution in [0.15, 0.2) is 38.7 Å². The van der Waals surface area contributed by atoms with Gasteiger partial charge in [-0.25, -0.2) is 0 Å². The van der Waals surface area contributed by atoms with E-state index in [4.69, 9.17) is 12.9 Å². The molecule has 0 amide bonds. The minimum atomic E-state index is -1.51. The second-order valence-electron chi connectivity index (χ2n) is 11.1. The number of aryl methyl sites for hydroxylation is 3. The third-order valence-corrected chi connectivity index (χ3v) is 9.58. The van der Waals surface area contributed by atoms with Gasteiger partial charge in [-0.2, -0.15) is 0 Å². The van der Waals surface area contributed by atoms with Crippen molar-refractivity contribution >= 4 is 36.3 Å². The predicted octanol–water partition coefficient (Wildman–Crippen LogP) is 9.02. The molecule has 0 radical (unpaired) electrons. The molecule has 2 aromatic carbocycles. The van der Waals surface area contributed by atoms with Crippen molar-refractivity contribution < 1.29 is 12.9 Å². The zero-order valence-corrected chi connectivity index (χ0v) is 21.7. The van der Waals surface area contributed by atoms with E-state index in [0.717, 1.165) is 43.3 Å². The average Bonchev–Trinajstić information content (AvgIpc) is 3.00. The fraction of sp³-hybridized carbons (Fsp3) is 0.533. The molecule has 34 heavy (non-hydrogen) atoms. The second kappa shape index (κ2) is 9.25. The van der Waals surface area contributed by atoms with Gasteiger partial charge in [0.15, 0.2) is 0 Å². The van der Waals surface area contributed by atoms with Crippen LogP contribution in [-0.2, 0) is 19.3 Å². The monoisotopic (exact) mass is 476 g/mol. The van der Waals surface area contributed by atoms with Gasteiger partial charge in [0.25, 0.3) is 0 Å². The summed E-state index contributed by atoms with van der Waals surface area (Å²) in [5, 5.41) is 2.55. The van der Waals surface area contributed by atoms with Crippen molar-refractivity contribution in [2.24, 2.45) is 17.8 Å². The highest BCUT2D eigenvalue weighted by molar-refractivity contribution is 7.31. The smallest absolute Gasteiger partial charge is 0.387 e. The molecule has 0 saturated heterocycles. The largest absolute Gasteiger partial charge is 0.399 e. The van der Waals surface area contributed by atoms with Crippen molar-refractivity contribution in [2.75, 3.05) is 0 Å². The summed E-state index contributed by atoms with van der Waals surface area (Å²) in [6, 6.07) is 8.86. The summed E-state index contributed by atoms with van der Waals surface area (Å²) in [5.41, 5.74) is 7.59. The van der Waals surface area contributed by atoms with Gasteiger partial charge < -0.3 is 8.39 Å². The van der Waals surface area contributed by atoms with Gasteiger partial charge >= 0.3 is 8.24 Å². The summed E-state index contributed by atoms with van der Waals surface area (Å²) >= 11 is 0. The molecule has 3 unspecified atom stereocenters. The number of hydrogen-bond donors (Lipinski definition) is 0. The number of hydrogen-bond acceptors (Lipinski definition) is 3. The van der Waals surface area contributed by atoms with Crippen LogP contribution in [0, 0.1) is 17.8 Å². The van der Waals surface area contributed by atoms with Crippen LogP contribution in [0.2, 0.25) is 0 Å². The average molecular weight is 477 g/mol. The van der Waals surface area contributed by atoms with E-state index in [0.29, 0.717) is 17.8 Å². The first-order valence-electron chi connectivity index (χ1n) is 13.4.